The second-order valence-electron chi connectivity index (χ2n) is 9.26. The van der Waals surface area contributed by atoms with Crippen molar-refractivity contribution in [1.82, 2.24) is 0 Å². The van der Waals surface area contributed by atoms with Gasteiger partial charge in [0, 0.05) is 52.7 Å². The highest BCUT2D eigenvalue weighted by Gasteiger charge is 2.53. The molecule has 5 heteroatoms. The van der Waals surface area contributed by atoms with Crippen molar-refractivity contribution < 1.29 is 19.0 Å². The van der Waals surface area contributed by atoms with Crippen molar-refractivity contribution in [1.29, 1.82) is 0 Å². The molecule has 0 aliphatic carbocycles. The standard InChI is InChI=1S/C33H27NO4/c1-4-34(5-2)24-15-19-29-31(21-24)37-30-20-23(11-10-22-12-16-25(36-3)17-13-22)14-18-28(30)33(29)27-9-7-6-8-26(27)32(35)38-33/h6-9,12-21H,4-5H2,1-3H3. The van der Waals surface area contributed by atoms with Crippen LogP contribution in [0.4, 0.5) is 5.69 Å². The molecular formula is C33H27NO4. The van der Waals surface area contributed by atoms with E-state index in [0.29, 0.717) is 17.1 Å². The Kier molecular flexibility index (Phi) is 5.81. The summed E-state index contributed by atoms with van der Waals surface area (Å²) < 4.78 is 18.0. The first-order valence-electron chi connectivity index (χ1n) is 12.8. The number of benzene rings is 4. The normalized spacial score (nSPS) is 16.3. The van der Waals surface area contributed by atoms with Gasteiger partial charge in [-0.1, -0.05) is 30.0 Å². The molecular weight excluding hydrogens is 474 g/mol. The third kappa shape index (κ3) is 3.69. The van der Waals surface area contributed by atoms with Crippen molar-refractivity contribution in [2.45, 2.75) is 19.4 Å². The van der Waals surface area contributed by atoms with Crippen molar-refractivity contribution in [2.75, 3.05) is 25.1 Å². The van der Waals surface area contributed by atoms with Crippen molar-refractivity contribution in [3.63, 3.8) is 0 Å². The van der Waals surface area contributed by atoms with E-state index in [1.165, 1.54) is 0 Å². The molecule has 6 rings (SSSR count). The molecule has 2 aliphatic rings. The summed E-state index contributed by atoms with van der Waals surface area (Å²) >= 11 is 0. The van der Waals surface area contributed by atoms with E-state index in [2.05, 4.69) is 36.7 Å². The highest BCUT2D eigenvalue weighted by molar-refractivity contribution is 5.97. The van der Waals surface area contributed by atoms with Crippen molar-refractivity contribution in [2.24, 2.45) is 0 Å². The quantitative estimate of drug-likeness (QED) is 0.236. The van der Waals surface area contributed by atoms with Crippen LogP contribution in [-0.4, -0.2) is 26.2 Å². The molecule has 0 amide bonds. The summed E-state index contributed by atoms with van der Waals surface area (Å²) in [5.74, 6) is 8.20. The van der Waals surface area contributed by atoms with Gasteiger partial charge < -0.3 is 19.1 Å². The molecule has 4 aromatic rings. The van der Waals surface area contributed by atoms with Gasteiger partial charge in [0.05, 0.1) is 12.7 Å². The van der Waals surface area contributed by atoms with Crippen LogP contribution >= 0.6 is 0 Å². The molecule has 0 N–H and O–H groups in total. The number of carbonyl (C=O) groups is 1. The largest absolute Gasteiger partial charge is 0.497 e. The number of esters is 1. The zero-order valence-corrected chi connectivity index (χ0v) is 21.6. The molecule has 2 aliphatic heterocycles. The molecule has 1 spiro atoms. The molecule has 2 heterocycles. The summed E-state index contributed by atoms with van der Waals surface area (Å²) in [7, 11) is 1.64. The first-order valence-corrected chi connectivity index (χ1v) is 12.8. The second kappa shape index (κ2) is 9.32. The number of hydrogen-bond donors (Lipinski definition) is 0. The van der Waals surface area contributed by atoms with Crippen molar-refractivity contribution in [3.05, 3.63) is 118 Å². The summed E-state index contributed by atoms with van der Waals surface area (Å²) in [6.07, 6.45) is 0. The van der Waals surface area contributed by atoms with Gasteiger partial charge in [-0.3, -0.25) is 0 Å². The van der Waals surface area contributed by atoms with E-state index in [-0.39, 0.29) is 5.97 Å². The summed E-state index contributed by atoms with van der Waals surface area (Å²) in [6, 6.07) is 27.2. The minimum Gasteiger partial charge on any atom is -0.497 e. The Hall–Kier alpha value is -4.69. The third-order valence-corrected chi connectivity index (χ3v) is 7.27. The lowest BCUT2D eigenvalue weighted by Crippen LogP contribution is -2.33. The maximum absolute atomic E-state index is 13.1. The minimum absolute atomic E-state index is 0.337. The molecule has 5 nitrogen and oxygen atoms in total. The Morgan fingerprint density at radius 3 is 2.18 bits per heavy atom. The topological polar surface area (TPSA) is 48.0 Å². The second-order valence-corrected chi connectivity index (χ2v) is 9.26. The van der Waals surface area contributed by atoms with Crippen LogP contribution in [0.15, 0.2) is 84.9 Å². The van der Waals surface area contributed by atoms with Gasteiger partial charge in [-0.15, -0.1) is 0 Å². The van der Waals surface area contributed by atoms with Gasteiger partial charge in [0.1, 0.15) is 17.2 Å². The van der Waals surface area contributed by atoms with Crippen LogP contribution in [0.25, 0.3) is 0 Å². The van der Waals surface area contributed by atoms with E-state index in [1.807, 2.05) is 78.9 Å². The lowest BCUT2D eigenvalue weighted by atomic mass is 9.77. The molecule has 0 aromatic heterocycles. The molecule has 0 saturated carbocycles. The Balaban J connectivity index is 1.50. The van der Waals surface area contributed by atoms with E-state index in [9.17, 15) is 4.79 Å². The van der Waals surface area contributed by atoms with E-state index in [1.54, 1.807) is 7.11 Å². The van der Waals surface area contributed by atoms with Gasteiger partial charge in [0.25, 0.3) is 0 Å². The van der Waals surface area contributed by atoms with E-state index < -0.39 is 5.60 Å². The fourth-order valence-electron chi connectivity index (χ4n) is 5.35. The predicted molar refractivity (Wildman–Crippen MR) is 147 cm³/mol. The van der Waals surface area contributed by atoms with E-state index >= 15 is 0 Å². The van der Waals surface area contributed by atoms with E-state index in [0.717, 1.165) is 52.3 Å². The zero-order valence-electron chi connectivity index (χ0n) is 21.6. The van der Waals surface area contributed by atoms with Gasteiger partial charge in [-0.25, -0.2) is 4.79 Å². The van der Waals surface area contributed by atoms with Crippen LogP contribution in [0.3, 0.4) is 0 Å². The summed E-state index contributed by atoms with van der Waals surface area (Å²) in [5, 5.41) is 0. The first kappa shape index (κ1) is 23.7. The Bertz CT molecular complexity index is 1610. The number of ether oxygens (including phenoxy) is 3. The number of nitrogens with zero attached hydrogens (tertiary/aromatic N) is 1. The molecule has 0 saturated heterocycles. The molecule has 0 fully saturated rings. The Labute approximate surface area is 222 Å². The van der Waals surface area contributed by atoms with Gasteiger partial charge in [0.2, 0.25) is 0 Å². The number of carbonyl (C=O) groups excluding carboxylic acids is 1. The minimum atomic E-state index is -1.08. The van der Waals surface area contributed by atoms with Crippen LogP contribution in [0.1, 0.15) is 52.0 Å². The van der Waals surface area contributed by atoms with Crippen molar-refractivity contribution in [3.8, 4) is 29.1 Å². The fourth-order valence-corrected chi connectivity index (χ4v) is 5.35. The fraction of sp³-hybridized carbons (Fsp3) is 0.182. The van der Waals surface area contributed by atoms with Gasteiger partial charge in [-0.2, -0.15) is 0 Å². The summed E-state index contributed by atoms with van der Waals surface area (Å²) in [6.45, 7) is 6.01. The van der Waals surface area contributed by atoms with Crippen molar-refractivity contribution >= 4 is 11.7 Å². The molecule has 188 valence electrons. The highest BCUT2D eigenvalue weighted by Crippen LogP contribution is 2.56. The smallest absolute Gasteiger partial charge is 0.340 e. The van der Waals surface area contributed by atoms with Crippen LogP contribution in [0.5, 0.6) is 17.2 Å². The lowest BCUT2D eigenvalue weighted by molar-refractivity contribution is 0.0224. The third-order valence-electron chi connectivity index (χ3n) is 7.27. The summed E-state index contributed by atoms with van der Waals surface area (Å²) in [4.78, 5) is 15.4. The van der Waals surface area contributed by atoms with Gasteiger partial charge >= 0.3 is 5.97 Å². The molecule has 4 aromatic carbocycles. The summed E-state index contributed by atoms with van der Waals surface area (Å²) in [5.41, 5.74) is 4.65. The number of anilines is 1. The van der Waals surface area contributed by atoms with Gasteiger partial charge in [0.15, 0.2) is 5.60 Å². The molecule has 1 atom stereocenters. The van der Waals surface area contributed by atoms with Crippen LogP contribution in [0, 0.1) is 11.8 Å². The van der Waals surface area contributed by atoms with Gasteiger partial charge in [-0.05, 0) is 74.5 Å². The average molecular weight is 502 g/mol. The van der Waals surface area contributed by atoms with Crippen LogP contribution in [0.2, 0.25) is 0 Å². The molecule has 0 radical (unpaired) electrons. The maximum Gasteiger partial charge on any atom is 0.340 e. The molecule has 0 bridgehead atoms. The van der Waals surface area contributed by atoms with Crippen LogP contribution < -0.4 is 14.4 Å². The number of rotatable bonds is 4. The molecule has 1 unspecified atom stereocenters. The SMILES string of the molecule is CCN(CC)c1ccc2c(c1)Oc1cc(C#Cc3ccc(OC)cc3)ccc1C21OC(=O)c2ccccc21. The number of hydrogen-bond acceptors (Lipinski definition) is 5. The Morgan fingerprint density at radius 1 is 0.789 bits per heavy atom. The average Bonchev–Trinajstić information content (AvgIpc) is 3.25. The maximum atomic E-state index is 13.1. The zero-order chi connectivity index (χ0) is 26.3. The monoisotopic (exact) mass is 501 g/mol. The predicted octanol–water partition coefficient (Wildman–Crippen LogP) is 6.51. The highest BCUT2D eigenvalue weighted by atomic mass is 16.6. The van der Waals surface area contributed by atoms with Crippen LogP contribution in [-0.2, 0) is 10.3 Å². The number of fused-ring (bicyclic) bond motifs is 6. The van der Waals surface area contributed by atoms with E-state index in [4.69, 9.17) is 14.2 Å². The Morgan fingerprint density at radius 2 is 1.45 bits per heavy atom. The first-order chi connectivity index (χ1) is 18.6. The lowest BCUT2D eigenvalue weighted by Gasteiger charge is -2.37. The number of methoxy groups -OCH3 is 1. The molecule has 38 heavy (non-hydrogen) atoms.